The number of allylic oxidation sites excluding steroid dienone is 1. The van der Waals surface area contributed by atoms with Crippen molar-refractivity contribution in [2.45, 2.75) is 19.1 Å². The Morgan fingerprint density at radius 2 is 2.33 bits per heavy atom. The maximum Gasteiger partial charge on any atom is 0.534 e. The number of carbonyl (C=O) groups excluding carboxylic acids is 1. The Balaban J connectivity index is 2.61. The lowest BCUT2D eigenvalue weighted by Gasteiger charge is -2.20. The molecule has 0 radical (unpaired) electrons. The van der Waals surface area contributed by atoms with Crippen molar-refractivity contribution < 1.29 is 14.4 Å². The number of nitrogens with zero attached hydrogens (tertiary/aromatic N) is 3. The highest BCUT2D eigenvalue weighted by Gasteiger charge is 2.32. The van der Waals surface area contributed by atoms with Crippen LogP contribution in [0.2, 0.25) is 0 Å². The molecule has 0 bridgehead atoms. The molecule has 15 heavy (non-hydrogen) atoms. The van der Waals surface area contributed by atoms with Gasteiger partial charge in [-0.05, 0) is 19.2 Å². The summed E-state index contributed by atoms with van der Waals surface area (Å²) in [6.07, 6.45) is 2.58. The Bertz CT molecular complexity index is 279. The van der Waals surface area contributed by atoms with E-state index in [0.717, 1.165) is 5.17 Å². The molecule has 0 saturated carbocycles. The topological polar surface area (TPSA) is 75.5 Å². The molecule has 1 aliphatic heterocycles. The summed E-state index contributed by atoms with van der Waals surface area (Å²) in [4.78, 5) is 15.6. The lowest BCUT2D eigenvalue weighted by atomic mass is 10.2. The van der Waals surface area contributed by atoms with Gasteiger partial charge in [0.05, 0.1) is 7.11 Å². The average molecular weight is 214 g/mol. The van der Waals surface area contributed by atoms with Gasteiger partial charge in [0.25, 0.3) is 0 Å². The smallest absolute Gasteiger partial charge is 0.436 e. The van der Waals surface area contributed by atoms with Crippen molar-refractivity contribution >= 4 is 6.16 Å². The van der Waals surface area contributed by atoms with Crippen LogP contribution >= 0.6 is 0 Å². The van der Waals surface area contributed by atoms with Gasteiger partial charge in [0.1, 0.15) is 6.04 Å². The first kappa shape index (κ1) is 11.4. The number of rotatable bonds is 3. The number of hydroxylamine groups is 1. The number of hydrogen-bond acceptors (Lipinski definition) is 7. The highest BCUT2D eigenvalue weighted by Crippen LogP contribution is 2.17. The first-order chi connectivity index (χ1) is 7.22. The van der Waals surface area contributed by atoms with Gasteiger partial charge < -0.3 is 4.74 Å². The second kappa shape index (κ2) is 5.30. The first-order valence-corrected chi connectivity index (χ1v) is 4.49. The van der Waals surface area contributed by atoms with Gasteiger partial charge in [-0.15, -0.1) is 0 Å². The molecule has 7 heteroatoms. The number of carbonyl (C=O) groups is 1. The predicted molar refractivity (Wildman–Crippen MR) is 51.6 cm³/mol. The molecular formula is C8H14N4O3. The molecule has 0 fully saturated rings. The molecule has 1 heterocycles. The van der Waals surface area contributed by atoms with Gasteiger partial charge in [0.2, 0.25) is 0 Å². The second-order valence-corrected chi connectivity index (χ2v) is 2.80. The number of ether oxygens (including phenoxy) is 1. The van der Waals surface area contributed by atoms with Gasteiger partial charge in [-0.3, -0.25) is 10.2 Å². The largest absolute Gasteiger partial charge is 0.534 e. The van der Waals surface area contributed by atoms with Gasteiger partial charge in [0, 0.05) is 0 Å². The lowest BCUT2D eigenvalue weighted by Crippen LogP contribution is -2.45. The van der Waals surface area contributed by atoms with Crippen LogP contribution in [-0.2, 0) is 9.57 Å². The third kappa shape index (κ3) is 2.66. The molecule has 0 aromatic rings. The highest BCUT2D eigenvalue weighted by molar-refractivity contribution is 5.59. The molecule has 1 N–H and O–H groups in total. The van der Waals surface area contributed by atoms with Crippen LogP contribution in [0, 0.1) is 0 Å². The molecular weight excluding hydrogens is 200 g/mol. The zero-order chi connectivity index (χ0) is 11.3. The molecule has 2 atom stereocenters. The standard InChI is InChI=1S/C8H14N4O3/c1-4-5-6-7(9-2)12(11-10-6)15-8(13)14-3/h4-7,9H,1-3H3/b5-4-. The third-order valence-corrected chi connectivity index (χ3v) is 1.85. The van der Waals surface area contributed by atoms with Crippen molar-refractivity contribution in [2.75, 3.05) is 14.2 Å². The van der Waals surface area contributed by atoms with E-state index in [4.69, 9.17) is 4.84 Å². The van der Waals surface area contributed by atoms with Gasteiger partial charge in [-0.25, -0.2) is 4.79 Å². The summed E-state index contributed by atoms with van der Waals surface area (Å²) in [5.74, 6) is 0. The van der Waals surface area contributed by atoms with Crippen LogP contribution in [0.4, 0.5) is 4.79 Å². The zero-order valence-corrected chi connectivity index (χ0v) is 8.88. The molecule has 0 aromatic heterocycles. The lowest BCUT2D eigenvalue weighted by molar-refractivity contribution is -0.149. The average Bonchev–Trinajstić information content (AvgIpc) is 2.61. The molecule has 1 rings (SSSR count). The summed E-state index contributed by atoms with van der Waals surface area (Å²) in [5, 5.41) is 11.6. The van der Waals surface area contributed by atoms with Crippen LogP contribution in [-0.4, -0.2) is 37.7 Å². The quantitative estimate of drug-likeness (QED) is 0.557. The summed E-state index contributed by atoms with van der Waals surface area (Å²) in [7, 11) is 2.96. The van der Waals surface area contributed by atoms with Crippen molar-refractivity contribution in [3.05, 3.63) is 12.2 Å². The number of methoxy groups -OCH3 is 1. The summed E-state index contributed by atoms with van der Waals surface area (Å²) >= 11 is 0. The molecule has 0 spiro atoms. The molecule has 0 aromatic carbocycles. The minimum Gasteiger partial charge on any atom is -0.436 e. The Kier molecular flexibility index (Phi) is 4.04. The van der Waals surface area contributed by atoms with Gasteiger partial charge >= 0.3 is 6.16 Å². The van der Waals surface area contributed by atoms with E-state index in [0.29, 0.717) is 0 Å². The minimum atomic E-state index is -0.824. The molecule has 7 nitrogen and oxygen atoms in total. The van der Waals surface area contributed by atoms with E-state index in [-0.39, 0.29) is 12.2 Å². The van der Waals surface area contributed by atoms with Crippen LogP contribution in [0.3, 0.4) is 0 Å². The predicted octanol–water partition coefficient (Wildman–Crippen LogP) is 0.857. The fourth-order valence-corrected chi connectivity index (χ4v) is 1.17. The summed E-state index contributed by atoms with van der Waals surface area (Å²) in [6, 6.07) is -0.176. The SMILES string of the molecule is C/C=C\C1N=NN(OC(=O)OC)C1NC. The number of hydrogen-bond donors (Lipinski definition) is 1. The van der Waals surface area contributed by atoms with Crippen LogP contribution in [0.1, 0.15) is 6.92 Å². The van der Waals surface area contributed by atoms with Crippen molar-refractivity contribution in [1.82, 2.24) is 10.5 Å². The summed E-state index contributed by atoms with van der Waals surface area (Å²) < 4.78 is 4.35. The van der Waals surface area contributed by atoms with Gasteiger partial charge in [-0.1, -0.05) is 17.3 Å². The molecule has 2 unspecified atom stereocenters. The van der Waals surface area contributed by atoms with E-state index in [1.54, 1.807) is 7.05 Å². The van der Waals surface area contributed by atoms with Crippen LogP contribution in [0.25, 0.3) is 0 Å². The Morgan fingerprint density at radius 1 is 1.60 bits per heavy atom. The molecule has 0 aliphatic carbocycles. The normalized spacial score (nSPS) is 24.9. The minimum absolute atomic E-state index is 0.176. The molecule has 0 saturated heterocycles. The van der Waals surface area contributed by atoms with E-state index < -0.39 is 6.16 Å². The van der Waals surface area contributed by atoms with Crippen molar-refractivity contribution in [3.8, 4) is 0 Å². The fourth-order valence-electron chi connectivity index (χ4n) is 1.17. The molecule has 0 amide bonds. The maximum absolute atomic E-state index is 10.9. The van der Waals surface area contributed by atoms with E-state index in [1.165, 1.54) is 7.11 Å². The third-order valence-electron chi connectivity index (χ3n) is 1.85. The van der Waals surface area contributed by atoms with Crippen molar-refractivity contribution in [2.24, 2.45) is 10.3 Å². The molecule has 84 valence electrons. The summed E-state index contributed by atoms with van der Waals surface area (Å²) in [6.45, 7) is 1.88. The van der Waals surface area contributed by atoms with Crippen LogP contribution in [0.15, 0.2) is 22.5 Å². The highest BCUT2D eigenvalue weighted by atomic mass is 16.8. The van der Waals surface area contributed by atoms with Crippen LogP contribution in [0.5, 0.6) is 0 Å². The zero-order valence-electron chi connectivity index (χ0n) is 8.88. The first-order valence-electron chi connectivity index (χ1n) is 4.49. The number of nitrogens with one attached hydrogen (secondary N) is 1. The summed E-state index contributed by atoms with van der Waals surface area (Å²) in [5.41, 5.74) is 0. The van der Waals surface area contributed by atoms with Crippen molar-refractivity contribution in [1.29, 1.82) is 0 Å². The van der Waals surface area contributed by atoms with E-state index in [2.05, 4.69) is 20.4 Å². The van der Waals surface area contributed by atoms with Gasteiger partial charge in [-0.2, -0.15) is 5.11 Å². The molecule has 1 aliphatic rings. The number of likely N-dealkylation sites (N-methyl/N-ethyl adjacent to an activating group) is 1. The van der Waals surface area contributed by atoms with E-state index >= 15 is 0 Å². The van der Waals surface area contributed by atoms with E-state index in [9.17, 15) is 4.79 Å². The maximum atomic E-state index is 10.9. The Morgan fingerprint density at radius 3 is 2.87 bits per heavy atom. The van der Waals surface area contributed by atoms with E-state index in [1.807, 2.05) is 19.1 Å². The van der Waals surface area contributed by atoms with Crippen LogP contribution < -0.4 is 5.32 Å². The monoisotopic (exact) mass is 214 g/mol. The Labute approximate surface area is 87.7 Å². The second-order valence-electron chi connectivity index (χ2n) is 2.80. The fraction of sp³-hybridized carbons (Fsp3) is 0.625. The Hall–Kier alpha value is -1.63. The van der Waals surface area contributed by atoms with Crippen molar-refractivity contribution in [3.63, 3.8) is 0 Å². The van der Waals surface area contributed by atoms with Gasteiger partial charge in [0.15, 0.2) is 6.17 Å².